The summed E-state index contributed by atoms with van der Waals surface area (Å²) in [5, 5.41) is 8.54. The Hall–Kier alpha value is -2.72. The molecule has 1 aliphatic heterocycles. The molecule has 0 aliphatic carbocycles. The minimum atomic E-state index is 0.593. The van der Waals surface area contributed by atoms with Gasteiger partial charge in [0.15, 0.2) is 0 Å². The SMILES string of the molecule is c1ccc(CCOc2ccc(CCc3ccc(CN4CCCC4)cc3)nn2)cc1. The molecule has 1 saturated heterocycles. The van der Waals surface area contributed by atoms with Crippen LogP contribution in [-0.4, -0.2) is 34.8 Å². The zero-order valence-electron chi connectivity index (χ0n) is 17.0. The van der Waals surface area contributed by atoms with Gasteiger partial charge in [0.2, 0.25) is 5.88 Å². The quantitative estimate of drug-likeness (QED) is 0.543. The fourth-order valence-corrected chi connectivity index (χ4v) is 3.76. The highest BCUT2D eigenvalue weighted by Gasteiger charge is 2.11. The molecule has 0 radical (unpaired) electrons. The minimum Gasteiger partial charge on any atom is -0.476 e. The number of likely N-dealkylation sites (tertiary alicyclic amines) is 1. The van der Waals surface area contributed by atoms with Gasteiger partial charge in [0.1, 0.15) is 0 Å². The first-order chi connectivity index (χ1) is 14.3. The lowest BCUT2D eigenvalue weighted by Gasteiger charge is -2.14. The third kappa shape index (κ3) is 6.13. The Balaban J connectivity index is 1.20. The van der Waals surface area contributed by atoms with Crippen molar-refractivity contribution < 1.29 is 4.74 Å². The Morgan fingerprint density at radius 1 is 0.690 bits per heavy atom. The number of nitrogens with zero attached hydrogens (tertiary/aromatic N) is 3. The molecule has 0 N–H and O–H groups in total. The second-order valence-electron chi connectivity index (χ2n) is 7.75. The van der Waals surface area contributed by atoms with E-state index >= 15 is 0 Å². The summed E-state index contributed by atoms with van der Waals surface area (Å²) in [6.45, 7) is 4.18. The predicted octanol–water partition coefficient (Wildman–Crippen LogP) is 4.48. The summed E-state index contributed by atoms with van der Waals surface area (Å²) in [5.74, 6) is 0.593. The second-order valence-corrected chi connectivity index (χ2v) is 7.75. The Bertz CT molecular complexity index is 857. The van der Waals surface area contributed by atoms with Gasteiger partial charge in [-0.3, -0.25) is 4.90 Å². The lowest BCUT2D eigenvalue weighted by Crippen LogP contribution is -2.18. The van der Waals surface area contributed by atoms with Gasteiger partial charge in [-0.1, -0.05) is 54.6 Å². The van der Waals surface area contributed by atoms with Crippen molar-refractivity contribution in [2.45, 2.75) is 38.6 Å². The van der Waals surface area contributed by atoms with Gasteiger partial charge < -0.3 is 4.74 Å². The van der Waals surface area contributed by atoms with E-state index in [4.69, 9.17) is 4.74 Å². The Morgan fingerprint density at radius 3 is 2.14 bits per heavy atom. The summed E-state index contributed by atoms with van der Waals surface area (Å²) < 4.78 is 5.72. The molecule has 1 aromatic heterocycles. The van der Waals surface area contributed by atoms with E-state index in [1.165, 1.54) is 42.6 Å². The molecule has 3 aromatic rings. The van der Waals surface area contributed by atoms with Crippen molar-refractivity contribution in [3.05, 3.63) is 89.1 Å². The topological polar surface area (TPSA) is 38.2 Å². The number of aryl methyl sites for hydroxylation is 2. The maximum atomic E-state index is 5.72. The van der Waals surface area contributed by atoms with Gasteiger partial charge in [-0.05, 0) is 61.5 Å². The highest BCUT2D eigenvalue weighted by molar-refractivity contribution is 5.24. The normalized spacial score (nSPS) is 14.2. The van der Waals surface area contributed by atoms with Crippen LogP contribution in [0.25, 0.3) is 0 Å². The van der Waals surface area contributed by atoms with Crippen LogP contribution < -0.4 is 4.74 Å². The average Bonchev–Trinajstić information content (AvgIpc) is 3.28. The van der Waals surface area contributed by atoms with E-state index in [9.17, 15) is 0 Å². The first-order valence-electron chi connectivity index (χ1n) is 10.6. The molecule has 0 amide bonds. The first-order valence-corrected chi connectivity index (χ1v) is 10.6. The van der Waals surface area contributed by atoms with Gasteiger partial charge in [0.05, 0.1) is 12.3 Å². The molecule has 0 saturated carbocycles. The van der Waals surface area contributed by atoms with Gasteiger partial charge in [0.25, 0.3) is 0 Å². The molecule has 0 bridgehead atoms. The van der Waals surface area contributed by atoms with Gasteiger partial charge in [-0.15, -0.1) is 5.10 Å². The highest BCUT2D eigenvalue weighted by Crippen LogP contribution is 2.14. The van der Waals surface area contributed by atoms with Crippen LogP contribution in [0.15, 0.2) is 66.7 Å². The predicted molar refractivity (Wildman–Crippen MR) is 116 cm³/mol. The third-order valence-corrected chi connectivity index (χ3v) is 5.48. The van der Waals surface area contributed by atoms with Gasteiger partial charge in [-0.2, -0.15) is 5.10 Å². The van der Waals surface area contributed by atoms with E-state index < -0.39 is 0 Å². The number of ether oxygens (including phenoxy) is 1. The molecule has 2 heterocycles. The monoisotopic (exact) mass is 387 g/mol. The standard InChI is InChI=1S/C25H29N3O/c1-2-6-21(7-3-1)16-19-29-25-15-14-24(26-27-25)13-12-22-8-10-23(11-9-22)20-28-17-4-5-18-28/h1-3,6-11,14-15H,4-5,12-13,16-20H2. The Kier molecular flexibility index (Phi) is 6.87. The Labute approximate surface area is 173 Å². The van der Waals surface area contributed by atoms with Crippen molar-refractivity contribution in [2.24, 2.45) is 0 Å². The first kappa shape index (κ1) is 19.6. The summed E-state index contributed by atoms with van der Waals surface area (Å²) in [7, 11) is 0. The molecular weight excluding hydrogens is 358 g/mol. The van der Waals surface area contributed by atoms with E-state index in [-0.39, 0.29) is 0 Å². The van der Waals surface area contributed by atoms with E-state index in [0.29, 0.717) is 12.5 Å². The van der Waals surface area contributed by atoms with Crippen molar-refractivity contribution in [3.63, 3.8) is 0 Å². The number of hydrogen-bond donors (Lipinski definition) is 0. The number of rotatable bonds is 9. The van der Waals surface area contributed by atoms with Crippen LogP contribution in [0.3, 0.4) is 0 Å². The molecule has 29 heavy (non-hydrogen) atoms. The van der Waals surface area contributed by atoms with E-state index in [1.54, 1.807) is 0 Å². The molecule has 4 rings (SSSR count). The van der Waals surface area contributed by atoms with Crippen LogP contribution in [0.1, 0.15) is 35.2 Å². The Morgan fingerprint density at radius 2 is 1.41 bits per heavy atom. The zero-order valence-corrected chi connectivity index (χ0v) is 17.0. The molecule has 1 aliphatic rings. The molecule has 4 nitrogen and oxygen atoms in total. The molecule has 1 fully saturated rings. The largest absolute Gasteiger partial charge is 0.476 e. The molecule has 0 atom stereocenters. The number of benzene rings is 2. The van der Waals surface area contributed by atoms with Gasteiger partial charge in [-0.25, -0.2) is 0 Å². The van der Waals surface area contributed by atoms with E-state index in [1.807, 2.05) is 30.3 Å². The summed E-state index contributed by atoms with van der Waals surface area (Å²) in [5.41, 5.74) is 5.03. The third-order valence-electron chi connectivity index (χ3n) is 5.48. The second kappa shape index (κ2) is 10.2. The van der Waals surface area contributed by atoms with Crippen LogP contribution >= 0.6 is 0 Å². The highest BCUT2D eigenvalue weighted by atomic mass is 16.5. The fraction of sp³-hybridized carbons (Fsp3) is 0.360. The van der Waals surface area contributed by atoms with Crippen LogP contribution in [0.5, 0.6) is 5.88 Å². The minimum absolute atomic E-state index is 0.593. The van der Waals surface area contributed by atoms with Crippen LogP contribution in [-0.2, 0) is 25.8 Å². The van der Waals surface area contributed by atoms with Crippen LogP contribution in [0.4, 0.5) is 0 Å². The smallest absolute Gasteiger partial charge is 0.233 e. The lowest BCUT2D eigenvalue weighted by molar-refractivity contribution is 0.305. The molecular formula is C25H29N3O. The summed E-state index contributed by atoms with van der Waals surface area (Å²) in [6, 6.07) is 23.3. The molecule has 150 valence electrons. The van der Waals surface area contributed by atoms with Crippen LogP contribution in [0, 0.1) is 0 Å². The summed E-state index contributed by atoms with van der Waals surface area (Å²) in [4.78, 5) is 2.54. The fourth-order valence-electron chi connectivity index (χ4n) is 3.76. The lowest BCUT2D eigenvalue weighted by atomic mass is 10.1. The maximum absolute atomic E-state index is 5.72. The van der Waals surface area contributed by atoms with Crippen molar-refractivity contribution in [2.75, 3.05) is 19.7 Å². The van der Waals surface area contributed by atoms with Crippen molar-refractivity contribution in [3.8, 4) is 5.88 Å². The average molecular weight is 388 g/mol. The van der Waals surface area contributed by atoms with E-state index in [0.717, 1.165) is 31.5 Å². The molecule has 2 aromatic carbocycles. The van der Waals surface area contributed by atoms with Crippen molar-refractivity contribution in [1.82, 2.24) is 15.1 Å². The zero-order chi connectivity index (χ0) is 19.7. The molecule has 0 spiro atoms. The van der Waals surface area contributed by atoms with Crippen molar-refractivity contribution in [1.29, 1.82) is 0 Å². The molecule has 0 unspecified atom stereocenters. The summed E-state index contributed by atoms with van der Waals surface area (Å²) in [6.07, 6.45) is 5.43. The van der Waals surface area contributed by atoms with Gasteiger partial charge in [0, 0.05) is 19.0 Å². The number of aromatic nitrogens is 2. The summed E-state index contributed by atoms with van der Waals surface area (Å²) >= 11 is 0. The van der Waals surface area contributed by atoms with Crippen molar-refractivity contribution >= 4 is 0 Å². The van der Waals surface area contributed by atoms with Crippen LogP contribution in [0.2, 0.25) is 0 Å². The van der Waals surface area contributed by atoms with Gasteiger partial charge >= 0.3 is 0 Å². The number of hydrogen-bond acceptors (Lipinski definition) is 4. The van der Waals surface area contributed by atoms with E-state index in [2.05, 4.69) is 51.5 Å². The maximum Gasteiger partial charge on any atom is 0.233 e. The molecule has 4 heteroatoms.